The summed E-state index contributed by atoms with van der Waals surface area (Å²) in [5, 5.41) is 10.5. The Hall–Kier alpha value is -2.44. The average molecular weight is 253 g/mol. The molecule has 1 unspecified atom stereocenters. The molecule has 7 nitrogen and oxygen atoms in total. The maximum atomic E-state index is 11.4. The third kappa shape index (κ3) is 3.27. The molecule has 1 rings (SSSR count). The predicted molar refractivity (Wildman–Crippen MR) is 59.6 cm³/mol. The van der Waals surface area contributed by atoms with Crippen molar-refractivity contribution in [3.63, 3.8) is 0 Å². The molecule has 0 aliphatic carbocycles. The minimum Gasteiger partial charge on any atom is -0.466 e. The highest BCUT2D eigenvalue weighted by Gasteiger charge is 2.25. The van der Waals surface area contributed by atoms with E-state index in [2.05, 4.69) is 4.74 Å². The molecular weight excluding hydrogens is 242 g/mol. The van der Waals surface area contributed by atoms with Gasteiger partial charge in [-0.25, -0.2) is 4.79 Å². The van der Waals surface area contributed by atoms with Crippen molar-refractivity contribution in [2.75, 3.05) is 7.11 Å². The van der Waals surface area contributed by atoms with Gasteiger partial charge in [-0.05, 0) is 12.1 Å². The zero-order chi connectivity index (χ0) is 13.7. The molecule has 0 amide bonds. The van der Waals surface area contributed by atoms with Crippen LogP contribution in [0.25, 0.3) is 0 Å². The Morgan fingerprint density at radius 2 is 1.83 bits per heavy atom. The number of hydrogen-bond donors (Lipinski definition) is 0. The third-order valence-corrected chi connectivity index (χ3v) is 2.11. The first-order valence-corrected chi connectivity index (χ1v) is 4.95. The number of hydrogen-bond acceptors (Lipinski definition) is 6. The molecule has 96 valence electrons. The maximum Gasteiger partial charge on any atom is 0.351 e. The van der Waals surface area contributed by atoms with Crippen LogP contribution < -0.4 is 0 Å². The largest absolute Gasteiger partial charge is 0.466 e. The Kier molecular flexibility index (Phi) is 4.36. The zero-order valence-electron chi connectivity index (χ0n) is 9.78. The van der Waals surface area contributed by atoms with Crippen molar-refractivity contribution in [2.45, 2.75) is 13.0 Å². The smallest absolute Gasteiger partial charge is 0.351 e. The van der Waals surface area contributed by atoms with Crippen LogP contribution >= 0.6 is 0 Å². The Labute approximate surface area is 102 Å². The van der Waals surface area contributed by atoms with Gasteiger partial charge in [0.15, 0.2) is 0 Å². The van der Waals surface area contributed by atoms with Crippen LogP contribution in [0, 0.1) is 10.1 Å². The molecule has 0 N–H and O–H groups in total. The van der Waals surface area contributed by atoms with E-state index in [1.165, 1.54) is 24.3 Å². The molecule has 18 heavy (non-hydrogen) atoms. The molecule has 0 aliphatic heterocycles. The Morgan fingerprint density at radius 1 is 1.28 bits per heavy atom. The minimum atomic E-state index is -1.21. The fourth-order valence-corrected chi connectivity index (χ4v) is 1.30. The highest BCUT2D eigenvalue weighted by molar-refractivity contribution is 5.80. The van der Waals surface area contributed by atoms with E-state index in [0.29, 0.717) is 5.56 Å². The Balaban J connectivity index is 3.01. The highest BCUT2D eigenvalue weighted by Crippen LogP contribution is 2.22. The second kappa shape index (κ2) is 5.76. The van der Waals surface area contributed by atoms with Crippen LogP contribution in [0.1, 0.15) is 18.6 Å². The number of nitro benzene ring substituents is 1. The van der Waals surface area contributed by atoms with Gasteiger partial charge in [0.25, 0.3) is 5.69 Å². The minimum absolute atomic E-state index is 0.120. The number of nitrogens with zero attached hydrogens (tertiary/aromatic N) is 1. The molecule has 0 spiro atoms. The molecule has 0 aromatic heterocycles. The van der Waals surface area contributed by atoms with Crippen LogP contribution in [0.4, 0.5) is 5.69 Å². The van der Waals surface area contributed by atoms with Crippen molar-refractivity contribution in [3.05, 3.63) is 39.9 Å². The first-order valence-electron chi connectivity index (χ1n) is 4.95. The topological polar surface area (TPSA) is 95.7 Å². The van der Waals surface area contributed by atoms with Crippen LogP contribution in [0.5, 0.6) is 0 Å². The van der Waals surface area contributed by atoms with Crippen molar-refractivity contribution in [3.8, 4) is 0 Å². The molecule has 0 fully saturated rings. The summed E-state index contributed by atoms with van der Waals surface area (Å²) in [6.45, 7) is 1.15. The first-order chi connectivity index (χ1) is 8.45. The van der Waals surface area contributed by atoms with Gasteiger partial charge < -0.3 is 9.47 Å². The number of methoxy groups -OCH3 is 1. The second-order valence-electron chi connectivity index (χ2n) is 3.36. The summed E-state index contributed by atoms with van der Waals surface area (Å²) in [6, 6.07) is 5.11. The average Bonchev–Trinajstić information content (AvgIpc) is 2.35. The van der Waals surface area contributed by atoms with Crippen LogP contribution in [-0.2, 0) is 19.1 Å². The highest BCUT2D eigenvalue weighted by atomic mass is 16.6. The number of benzene rings is 1. The first kappa shape index (κ1) is 13.6. The molecule has 1 aromatic carbocycles. The summed E-state index contributed by atoms with van der Waals surface area (Å²) in [6.07, 6.45) is -1.21. The number of rotatable bonds is 4. The molecule has 0 saturated carbocycles. The molecule has 1 atom stereocenters. The van der Waals surface area contributed by atoms with E-state index in [1.807, 2.05) is 0 Å². The van der Waals surface area contributed by atoms with Gasteiger partial charge >= 0.3 is 11.9 Å². The molecule has 0 heterocycles. The van der Waals surface area contributed by atoms with Crippen molar-refractivity contribution in [1.29, 1.82) is 0 Å². The van der Waals surface area contributed by atoms with E-state index < -0.39 is 23.0 Å². The van der Waals surface area contributed by atoms with Gasteiger partial charge in [-0.15, -0.1) is 0 Å². The summed E-state index contributed by atoms with van der Waals surface area (Å²) in [5.41, 5.74) is 0.188. The summed E-state index contributed by atoms with van der Waals surface area (Å²) in [5.74, 6) is -1.40. The quantitative estimate of drug-likeness (QED) is 0.457. The van der Waals surface area contributed by atoms with Gasteiger partial charge in [-0.2, -0.15) is 0 Å². The van der Waals surface area contributed by atoms with Gasteiger partial charge in [0, 0.05) is 24.6 Å². The van der Waals surface area contributed by atoms with E-state index in [9.17, 15) is 19.7 Å². The molecule has 0 aliphatic rings. The standard InChI is InChI=1S/C11H11NO6/c1-7(13)18-10(11(14)17-2)8-3-5-9(6-4-8)12(15)16/h3-6,10H,1-2H3. The normalized spacial score (nSPS) is 11.4. The van der Waals surface area contributed by atoms with Crippen molar-refractivity contribution < 1.29 is 24.0 Å². The zero-order valence-corrected chi connectivity index (χ0v) is 9.78. The molecule has 7 heteroatoms. The lowest BCUT2D eigenvalue weighted by molar-refractivity contribution is -0.384. The SMILES string of the molecule is COC(=O)C(OC(C)=O)c1ccc([N+](=O)[O-])cc1. The molecule has 0 bridgehead atoms. The van der Waals surface area contributed by atoms with Gasteiger partial charge in [0.05, 0.1) is 12.0 Å². The fraction of sp³-hybridized carbons (Fsp3) is 0.273. The maximum absolute atomic E-state index is 11.4. The summed E-state index contributed by atoms with van der Waals surface area (Å²) < 4.78 is 9.30. The monoisotopic (exact) mass is 253 g/mol. The lowest BCUT2D eigenvalue weighted by Crippen LogP contribution is -2.19. The number of carbonyl (C=O) groups excluding carboxylic acids is 2. The number of carbonyl (C=O) groups is 2. The van der Waals surface area contributed by atoms with Crippen LogP contribution in [0.2, 0.25) is 0 Å². The van der Waals surface area contributed by atoms with Crippen LogP contribution in [-0.4, -0.2) is 24.0 Å². The lowest BCUT2D eigenvalue weighted by atomic mass is 10.1. The number of esters is 2. The summed E-state index contributed by atoms with van der Waals surface area (Å²) in [4.78, 5) is 32.2. The van der Waals surface area contributed by atoms with Crippen molar-refractivity contribution >= 4 is 17.6 Å². The van der Waals surface area contributed by atoms with E-state index >= 15 is 0 Å². The van der Waals surface area contributed by atoms with Crippen molar-refractivity contribution in [2.24, 2.45) is 0 Å². The third-order valence-electron chi connectivity index (χ3n) is 2.11. The van der Waals surface area contributed by atoms with Gasteiger partial charge in [-0.3, -0.25) is 14.9 Å². The number of nitro groups is 1. The lowest BCUT2D eigenvalue weighted by Gasteiger charge is -2.14. The fourth-order valence-electron chi connectivity index (χ4n) is 1.30. The van der Waals surface area contributed by atoms with E-state index in [0.717, 1.165) is 14.0 Å². The van der Waals surface area contributed by atoms with Crippen LogP contribution in [0.15, 0.2) is 24.3 Å². The molecular formula is C11H11NO6. The van der Waals surface area contributed by atoms with E-state index in [1.54, 1.807) is 0 Å². The summed E-state index contributed by atoms with van der Waals surface area (Å²) in [7, 11) is 1.16. The van der Waals surface area contributed by atoms with E-state index in [-0.39, 0.29) is 5.69 Å². The molecule has 1 aromatic rings. The Morgan fingerprint density at radius 3 is 2.22 bits per heavy atom. The number of ether oxygens (including phenoxy) is 2. The number of non-ortho nitro benzene ring substituents is 1. The van der Waals surface area contributed by atoms with Gasteiger partial charge in [0.1, 0.15) is 0 Å². The second-order valence-corrected chi connectivity index (χ2v) is 3.36. The van der Waals surface area contributed by atoms with Gasteiger partial charge in [0.2, 0.25) is 6.10 Å². The predicted octanol–water partition coefficient (Wildman–Crippen LogP) is 1.37. The molecule has 0 radical (unpaired) electrons. The van der Waals surface area contributed by atoms with Crippen LogP contribution in [0.3, 0.4) is 0 Å². The summed E-state index contributed by atoms with van der Waals surface area (Å²) >= 11 is 0. The Bertz CT molecular complexity index is 467. The molecule has 0 saturated heterocycles. The van der Waals surface area contributed by atoms with Crippen molar-refractivity contribution in [1.82, 2.24) is 0 Å². The van der Waals surface area contributed by atoms with E-state index in [4.69, 9.17) is 4.74 Å². The van der Waals surface area contributed by atoms with Gasteiger partial charge in [-0.1, -0.05) is 0 Å².